The lowest BCUT2D eigenvalue weighted by Gasteiger charge is -2.02. The summed E-state index contributed by atoms with van der Waals surface area (Å²) >= 11 is 1.67. The molecule has 90 valence electrons. The number of aromatic nitrogens is 2. The summed E-state index contributed by atoms with van der Waals surface area (Å²) in [4.78, 5) is 9.18. The topological polar surface area (TPSA) is 25.8 Å². The van der Waals surface area contributed by atoms with Crippen LogP contribution in [-0.4, -0.2) is 9.97 Å². The van der Waals surface area contributed by atoms with Gasteiger partial charge in [-0.25, -0.2) is 4.98 Å². The fourth-order valence-corrected chi connectivity index (χ4v) is 2.94. The van der Waals surface area contributed by atoms with E-state index in [9.17, 15) is 0 Å². The standard InChI is InChI=1S/C15H14N2S/c1-10(2)13-9-18-15(17-13)14-12-6-4-3-5-11(12)7-8-16-14/h3-10H,1-2H3. The highest BCUT2D eigenvalue weighted by Gasteiger charge is 2.11. The van der Waals surface area contributed by atoms with Crippen LogP contribution in [0.15, 0.2) is 41.9 Å². The number of nitrogens with zero attached hydrogens (tertiary/aromatic N) is 2. The van der Waals surface area contributed by atoms with Crippen molar-refractivity contribution in [2.45, 2.75) is 19.8 Å². The molecule has 0 atom stereocenters. The SMILES string of the molecule is CC(C)c1csc(-c2nccc3ccccc23)n1. The van der Waals surface area contributed by atoms with E-state index in [1.165, 1.54) is 10.8 Å². The first-order valence-corrected chi connectivity index (χ1v) is 6.93. The molecule has 3 rings (SSSR count). The van der Waals surface area contributed by atoms with Gasteiger partial charge in [-0.05, 0) is 17.4 Å². The van der Waals surface area contributed by atoms with Gasteiger partial charge in [0.25, 0.3) is 0 Å². The Labute approximate surface area is 110 Å². The van der Waals surface area contributed by atoms with Gasteiger partial charge in [-0.15, -0.1) is 11.3 Å². The van der Waals surface area contributed by atoms with Crippen LogP contribution in [0.1, 0.15) is 25.5 Å². The second-order valence-electron chi connectivity index (χ2n) is 4.61. The lowest BCUT2D eigenvalue weighted by Crippen LogP contribution is -1.89. The van der Waals surface area contributed by atoms with E-state index in [2.05, 4.69) is 41.3 Å². The number of pyridine rings is 1. The number of benzene rings is 1. The number of thiazole rings is 1. The number of rotatable bonds is 2. The first-order valence-electron chi connectivity index (χ1n) is 6.05. The Bertz CT molecular complexity index is 680. The first-order chi connectivity index (χ1) is 8.75. The molecule has 0 aliphatic heterocycles. The highest BCUT2D eigenvalue weighted by atomic mass is 32.1. The minimum absolute atomic E-state index is 0.463. The molecule has 0 N–H and O–H groups in total. The summed E-state index contributed by atoms with van der Waals surface area (Å²) in [7, 11) is 0. The highest BCUT2D eigenvalue weighted by molar-refractivity contribution is 7.13. The molecule has 3 aromatic rings. The maximum Gasteiger partial charge on any atom is 0.142 e. The van der Waals surface area contributed by atoms with Gasteiger partial charge in [-0.3, -0.25) is 4.98 Å². The predicted molar refractivity (Wildman–Crippen MR) is 76.9 cm³/mol. The molecule has 0 radical (unpaired) electrons. The van der Waals surface area contributed by atoms with E-state index in [4.69, 9.17) is 0 Å². The highest BCUT2D eigenvalue weighted by Crippen LogP contribution is 2.30. The van der Waals surface area contributed by atoms with Crippen LogP contribution in [0.2, 0.25) is 0 Å². The van der Waals surface area contributed by atoms with Crippen LogP contribution in [0.5, 0.6) is 0 Å². The van der Waals surface area contributed by atoms with E-state index in [1.807, 2.05) is 24.4 Å². The molecule has 0 aliphatic carbocycles. The van der Waals surface area contributed by atoms with Crippen LogP contribution in [-0.2, 0) is 0 Å². The summed E-state index contributed by atoms with van der Waals surface area (Å²) in [6.45, 7) is 4.32. The van der Waals surface area contributed by atoms with Gasteiger partial charge in [-0.2, -0.15) is 0 Å². The quantitative estimate of drug-likeness (QED) is 0.673. The van der Waals surface area contributed by atoms with Crippen LogP contribution in [0.3, 0.4) is 0 Å². The van der Waals surface area contributed by atoms with Gasteiger partial charge in [0.15, 0.2) is 0 Å². The van der Waals surface area contributed by atoms with Crippen molar-refractivity contribution in [1.82, 2.24) is 9.97 Å². The lowest BCUT2D eigenvalue weighted by molar-refractivity contribution is 0.834. The predicted octanol–water partition coefficient (Wildman–Crippen LogP) is 4.48. The van der Waals surface area contributed by atoms with Gasteiger partial charge in [0.05, 0.1) is 5.69 Å². The van der Waals surface area contributed by atoms with Crippen LogP contribution < -0.4 is 0 Å². The Morgan fingerprint density at radius 1 is 1.11 bits per heavy atom. The molecule has 1 aromatic carbocycles. The lowest BCUT2D eigenvalue weighted by atomic mass is 10.1. The average Bonchev–Trinajstić information content (AvgIpc) is 2.87. The van der Waals surface area contributed by atoms with Crippen molar-refractivity contribution in [2.75, 3.05) is 0 Å². The minimum Gasteiger partial charge on any atom is -0.253 e. The van der Waals surface area contributed by atoms with E-state index in [1.54, 1.807) is 11.3 Å². The van der Waals surface area contributed by atoms with E-state index in [0.717, 1.165) is 16.4 Å². The maximum absolute atomic E-state index is 4.69. The molecule has 2 nitrogen and oxygen atoms in total. The summed E-state index contributed by atoms with van der Waals surface area (Å²) < 4.78 is 0. The fraction of sp³-hybridized carbons (Fsp3) is 0.200. The number of hydrogen-bond acceptors (Lipinski definition) is 3. The molecule has 0 spiro atoms. The molecule has 0 saturated carbocycles. The van der Waals surface area contributed by atoms with E-state index in [-0.39, 0.29) is 0 Å². The van der Waals surface area contributed by atoms with Crippen molar-refractivity contribution in [3.05, 3.63) is 47.6 Å². The third-order valence-electron chi connectivity index (χ3n) is 2.99. The summed E-state index contributed by atoms with van der Waals surface area (Å²) in [5, 5.41) is 5.52. The number of hydrogen-bond donors (Lipinski definition) is 0. The van der Waals surface area contributed by atoms with E-state index < -0.39 is 0 Å². The van der Waals surface area contributed by atoms with Gasteiger partial charge >= 0.3 is 0 Å². The van der Waals surface area contributed by atoms with Crippen molar-refractivity contribution in [3.8, 4) is 10.7 Å². The smallest absolute Gasteiger partial charge is 0.142 e. The van der Waals surface area contributed by atoms with Gasteiger partial charge in [-0.1, -0.05) is 38.1 Å². The summed E-state index contributed by atoms with van der Waals surface area (Å²) in [6.07, 6.45) is 1.86. The Balaban J connectivity index is 2.18. The molecule has 18 heavy (non-hydrogen) atoms. The second kappa shape index (κ2) is 4.50. The zero-order valence-electron chi connectivity index (χ0n) is 10.4. The Hall–Kier alpha value is -1.74. The normalized spacial score (nSPS) is 11.3. The van der Waals surface area contributed by atoms with Crippen molar-refractivity contribution in [2.24, 2.45) is 0 Å². The van der Waals surface area contributed by atoms with Crippen molar-refractivity contribution < 1.29 is 0 Å². The zero-order chi connectivity index (χ0) is 12.5. The van der Waals surface area contributed by atoms with Crippen molar-refractivity contribution in [1.29, 1.82) is 0 Å². The van der Waals surface area contributed by atoms with Gasteiger partial charge in [0, 0.05) is 17.0 Å². The molecule has 0 aliphatic rings. The molecule has 2 heterocycles. The molecular weight excluding hydrogens is 240 g/mol. The average molecular weight is 254 g/mol. The van der Waals surface area contributed by atoms with Crippen LogP contribution in [0.4, 0.5) is 0 Å². The number of fused-ring (bicyclic) bond motifs is 1. The molecule has 0 fully saturated rings. The first kappa shape index (κ1) is 11.4. The molecule has 0 amide bonds. The van der Waals surface area contributed by atoms with Crippen molar-refractivity contribution >= 4 is 22.1 Å². The van der Waals surface area contributed by atoms with E-state index in [0.29, 0.717) is 5.92 Å². The molecular formula is C15H14N2S. The van der Waals surface area contributed by atoms with Crippen LogP contribution in [0.25, 0.3) is 21.5 Å². The monoisotopic (exact) mass is 254 g/mol. The minimum atomic E-state index is 0.463. The largest absolute Gasteiger partial charge is 0.253 e. The van der Waals surface area contributed by atoms with Crippen LogP contribution in [0, 0.1) is 0 Å². The van der Waals surface area contributed by atoms with Gasteiger partial charge < -0.3 is 0 Å². The van der Waals surface area contributed by atoms with Crippen LogP contribution >= 0.6 is 11.3 Å². The summed E-state index contributed by atoms with van der Waals surface area (Å²) in [5.41, 5.74) is 2.13. The van der Waals surface area contributed by atoms with Crippen molar-refractivity contribution in [3.63, 3.8) is 0 Å². The summed E-state index contributed by atoms with van der Waals surface area (Å²) in [6, 6.07) is 10.3. The molecule has 2 aromatic heterocycles. The Kier molecular flexibility index (Phi) is 2.84. The molecule has 3 heteroatoms. The van der Waals surface area contributed by atoms with Gasteiger partial charge in [0.2, 0.25) is 0 Å². The van der Waals surface area contributed by atoms with Gasteiger partial charge in [0.1, 0.15) is 10.7 Å². The molecule has 0 unspecified atom stereocenters. The fourth-order valence-electron chi connectivity index (χ4n) is 1.95. The Morgan fingerprint density at radius 2 is 1.94 bits per heavy atom. The third-order valence-corrected chi connectivity index (χ3v) is 3.86. The summed E-state index contributed by atoms with van der Waals surface area (Å²) in [5.74, 6) is 0.463. The molecule has 0 saturated heterocycles. The van der Waals surface area contributed by atoms with E-state index >= 15 is 0 Å². The maximum atomic E-state index is 4.69. The molecule has 0 bridgehead atoms. The Morgan fingerprint density at radius 3 is 2.72 bits per heavy atom. The second-order valence-corrected chi connectivity index (χ2v) is 5.47. The third kappa shape index (κ3) is 1.91. The zero-order valence-corrected chi connectivity index (χ0v) is 11.2.